The van der Waals surface area contributed by atoms with Crippen LogP contribution in [0.4, 0.5) is 4.39 Å². The number of thioether (sulfide) groups is 1. The molecule has 2 aromatic rings. The lowest BCUT2D eigenvalue weighted by atomic mass is 9.88. The van der Waals surface area contributed by atoms with Crippen molar-refractivity contribution < 1.29 is 22.8 Å². The number of amides is 1. The highest BCUT2D eigenvalue weighted by atomic mass is 32.2. The Labute approximate surface area is 169 Å². The number of carbonyl (C=O) groups is 1. The summed E-state index contributed by atoms with van der Waals surface area (Å²) in [5, 5.41) is 8.74. The van der Waals surface area contributed by atoms with Crippen LogP contribution in [0, 0.1) is 11.2 Å². The summed E-state index contributed by atoms with van der Waals surface area (Å²) in [4.78, 5) is 24.9. The fourth-order valence-corrected chi connectivity index (χ4v) is 2.78. The monoisotopic (exact) mass is 428 g/mol. The van der Waals surface area contributed by atoms with Gasteiger partial charge in [-0.1, -0.05) is 26.0 Å². The quantitative estimate of drug-likeness (QED) is 0.416. The summed E-state index contributed by atoms with van der Waals surface area (Å²) in [5.41, 5.74) is 1.27. The number of pyridine rings is 1. The third kappa shape index (κ3) is 6.39. The van der Waals surface area contributed by atoms with E-state index < -0.39 is 28.7 Å². The highest BCUT2D eigenvalue weighted by Crippen LogP contribution is 2.25. The first-order valence-electron chi connectivity index (χ1n) is 8.11. The van der Waals surface area contributed by atoms with Gasteiger partial charge in [-0.2, -0.15) is 8.42 Å². The van der Waals surface area contributed by atoms with Crippen molar-refractivity contribution in [2.45, 2.75) is 31.7 Å². The fraction of sp³-hybridized carbons (Fsp3) is 0.333. The van der Waals surface area contributed by atoms with Crippen molar-refractivity contribution in [1.29, 1.82) is 0 Å². The van der Waals surface area contributed by atoms with Gasteiger partial charge in [-0.05, 0) is 30.4 Å². The molecule has 152 valence electrons. The van der Waals surface area contributed by atoms with Crippen LogP contribution in [0.2, 0.25) is 0 Å². The van der Waals surface area contributed by atoms with Crippen LogP contribution in [0.15, 0.2) is 46.2 Å². The standard InChI is InChI=1S/C18H21FN2O3S.O2S/c1-18(2,17(23)20-24)8-9-21-11-15(19)14(10-16(21)22)12-4-6-13(25-3)7-5-12;1-3-2/h4-7,10-11,24H,8-9H2,1-3H3,(H,20,23);. The molecule has 1 heterocycles. The minimum atomic E-state index is -0.878. The molecule has 0 fully saturated rings. The van der Waals surface area contributed by atoms with Crippen molar-refractivity contribution in [2.24, 2.45) is 5.41 Å². The molecular formula is C18H21FN2O5S2. The van der Waals surface area contributed by atoms with E-state index in [9.17, 15) is 14.0 Å². The number of hydrogen-bond donors (Lipinski definition) is 2. The topological polar surface area (TPSA) is 105 Å². The Kier molecular flexibility index (Phi) is 9.23. The first-order valence-corrected chi connectivity index (χ1v) is 10.00. The average molecular weight is 429 g/mol. The number of rotatable bonds is 6. The molecule has 1 aromatic carbocycles. The highest BCUT2D eigenvalue weighted by molar-refractivity contribution is 7.98. The largest absolute Gasteiger partial charge is 0.335 e. The molecule has 0 saturated carbocycles. The molecular weight excluding hydrogens is 407 g/mol. The number of nitrogens with one attached hydrogen (secondary N) is 1. The zero-order chi connectivity index (χ0) is 21.3. The first-order chi connectivity index (χ1) is 13.2. The van der Waals surface area contributed by atoms with Gasteiger partial charge in [0.2, 0.25) is 5.91 Å². The van der Waals surface area contributed by atoms with Crippen LogP contribution in [0.5, 0.6) is 0 Å². The second kappa shape index (κ2) is 10.9. The van der Waals surface area contributed by atoms with Crippen LogP contribution in [0.3, 0.4) is 0 Å². The summed E-state index contributed by atoms with van der Waals surface area (Å²) in [6.07, 6.45) is 3.39. The van der Waals surface area contributed by atoms with E-state index in [0.717, 1.165) is 11.1 Å². The number of halogens is 1. The Balaban J connectivity index is 0.00000122. The molecule has 0 bridgehead atoms. The predicted molar refractivity (Wildman–Crippen MR) is 105 cm³/mol. The van der Waals surface area contributed by atoms with E-state index in [0.29, 0.717) is 5.56 Å². The summed E-state index contributed by atoms with van der Waals surface area (Å²) in [6, 6.07) is 8.58. The zero-order valence-electron chi connectivity index (χ0n) is 15.6. The zero-order valence-corrected chi connectivity index (χ0v) is 17.2. The number of nitrogens with zero attached hydrogens (tertiary/aromatic N) is 1. The second-order valence-corrected chi connectivity index (χ2v) is 7.45. The predicted octanol–water partition coefficient (Wildman–Crippen LogP) is 2.63. The van der Waals surface area contributed by atoms with E-state index in [4.69, 9.17) is 13.6 Å². The van der Waals surface area contributed by atoms with Gasteiger partial charge in [0.25, 0.3) is 5.56 Å². The van der Waals surface area contributed by atoms with Gasteiger partial charge in [0.1, 0.15) is 5.82 Å². The van der Waals surface area contributed by atoms with E-state index >= 15 is 0 Å². The highest BCUT2D eigenvalue weighted by Gasteiger charge is 2.27. The second-order valence-electron chi connectivity index (χ2n) is 6.44. The van der Waals surface area contributed by atoms with Crippen molar-refractivity contribution in [2.75, 3.05) is 6.26 Å². The van der Waals surface area contributed by atoms with Gasteiger partial charge in [0, 0.05) is 34.7 Å². The Morgan fingerprint density at radius 1 is 1.25 bits per heavy atom. The summed E-state index contributed by atoms with van der Waals surface area (Å²) in [6.45, 7) is 3.45. The van der Waals surface area contributed by atoms with Crippen LogP contribution in [0.25, 0.3) is 11.1 Å². The van der Waals surface area contributed by atoms with E-state index in [1.807, 2.05) is 18.4 Å². The molecule has 0 unspecified atom stereocenters. The number of aromatic nitrogens is 1. The lowest BCUT2D eigenvalue weighted by molar-refractivity contribution is -0.138. The Bertz CT molecular complexity index is 907. The van der Waals surface area contributed by atoms with Crippen molar-refractivity contribution in [3.05, 3.63) is 52.7 Å². The number of benzene rings is 1. The summed E-state index contributed by atoms with van der Waals surface area (Å²) in [7, 11) is 0. The molecule has 2 N–H and O–H groups in total. The minimum absolute atomic E-state index is 0.169. The van der Waals surface area contributed by atoms with Gasteiger partial charge >= 0.3 is 11.6 Å². The molecule has 0 radical (unpaired) electrons. The van der Waals surface area contributed by atoms with Crippen molar-refractivity contribution in [3.8, 4) is 11.1 Å². The van der Waals surface area contributed by atoms with Crippen LogP contribution in [-0.2, 0) is 22.9 Å². The van der Waals surface area contributed by atoms with Crippen molar-refractivity contribution in [1.82, 2.24) is 10.0 Å². The lowest BCUT2D eigenvalue weighted by Crippen LogP contribution is -2.36. The molecule has 28 heavy (non-hydrogen) atoms. The van der Waals surface area contributed by atoms with Crippen LogP contribution in [-0.4, -0.2) is 30.4 Å². The van der Waals surface area contributed by atoms with Crippen molar-refractivity contribution in [3.63, 3.8) is 0 Å². The first kappa shape index (κ1) is 23.7. The molecule has 1 aromatic heterocycles. The van der Waals surface area contributed by atoms with Crippen LogP contribution >= 0.6 is 11.8 Å². The molecule has 10 heteroatoms. The molecule has 0 aliphatic carbocycles. The third-order valence-electron chi connectivity index (χ3n) is 4.17. The van der Waals surface area contributed by atoms with Crippen LogP contribution in [0.1, 0.15) is 20.3 Å². The van der Waals surface area contributed by atoms with Crippen LogP contribution < -0.4 is 11.0 Å². The Hall–Kier alpha value is -2.30. The average Bonchev–Trinajstić information content (AvgIpc) is 2.68. The SMILES string of the molecule is CSc1ccc(-c2cc(=O)n(CCC(C)(C)C(=O)NO)cc2F)cc1.O=S=O. The normalized spacial score (nSPS) is 10.6. The maximum absolute atomic E-state index is 14.5. The number of carbonyl (C=O) groups excluding carboxylic acids is 1. The number of hydroxylamine groups is 1. The van der Waals surface area contributed by atoms with Gasteiger partial charge in [0.05, 0.1) is 0 Å². The van der Waals surface area contributed by atoms with E-state index in [-0.39, 0.29) is 24.1 Å². The molecule has 1 amide bonds. The van der Waals surface area contributed by atoms with E-state index in [1.165, 1.54) is 10.6 Å². The summed E-state index contributed by atoms with van der Waals surface area (Å²) >= 11 is 0.835. The molecule has 0 aliphatic rings. The van der Waals surface area contributed by atoms with Gasteiger partial charge in [0.15, 0.2) is 0 Å². The van der Waals surface area contributed by atoms with Gasteiger partial charge in [-0.25, -0.2) is 9.87 Å². The molecule has 0 atom stereocenters. The molecule has 7 nitrogen and oxygen atoms in total. The molecule has 0 saturated heterocycles. The minimum Gasteiger partial charge on any atom is -0.313 e. The number of aryl methyl sites for hydroxylation is 1. The van der Waals surface area contributed by atoms with Gasteiger partial charge < -0.3 is 4.57 Å². The molecule has 2 rings (SSSR count). The molecule has 0 aliphatic heterocycles. The Morgan fingerprint density at radius 3 is 2.32 bits per heavy atom. The molecule has 0 spiro atoms. The lowest BCUT2D eigenvalue weighted by Gasteiger charge is -2.22. The van der Waals surface area contributed by atoms with E-state index in [2.05, 4.69) is 0 Å². The fourth-order valence-electron chi connectivity index (χ4n) is 2.38. The smallest absolute Gasteiger partial charge is 0.313 e. The van der Waals surface area contributed by atoms with Crippen molar-refractivity contribution >= 4 is 29.2 Å². The van der Waals surface area contributed by atoms with E-state index in [1.54, 1.807) is 43.2 Å². The number of hydrogen-bond acceptors (Lipinski definition) is 6. The summed E-state index contributed by atoms with van der Waals surface area (Å²) in [5.74, 6) is -1.05. The van der Waals surface area contributed by atoms with Gasteiger partial charge in [-0.3, -0.25) is 14.8 Å². The maximum Gasteiger partial charge on any atom is 0.335 e. The summed E-state index contributed by atoms with van der Waals surface area (Å²) < 4.78 is 32.3. The Morgan fingerprint density at radius 2 is 1.82 bits per heavy atom. The third-order valence-corrected chi connectivity index (χ3v) is 4.92. The van der Waals surface area contributed by atoms with Gasteiger partial charge in [-0.15, -0.1) is 11.8 Å². The maximum atomic E-state index is 14.5.